The van der Waals surface area contributed by atoms with Crippen molar-refractivity contribution >= 4 is 17.8 Å². The number of nitrogens with zero attached hydrogens (tertiary/aromatic N) is 3. The van der Waals surface area contributed by atoms with Gasteiger partial charge in [-0.15, -0.1) is 0 Å². The third-order valence-electron chi connectivity index (χ3n) is 6.48. The van der Waals surface area contributed by atoms with Gasteiger partial charge < -0.3 is 14.9 Å². The number of amides is 2. The van der Waals surface area contributed by atoms with E-state index in [2.05, 4.69) is 4.98 Å². The summed E-state index contributed by atoms with van der Waals surface area (Å²) in [5.41, 5.74) is -0.208. The van der Waals surface area contributed by atoms with Crippen LogP contribution in [0.5, 0.6) is 0 Å². The average molecular weight is 371 g/mol. The molecule has 0 spiro atoms. The van der Waals surface area contributed by atoms with Crippen LogP contribution in [0.15, 0.2) is 24.5 Å². The van der Waals surface area contributed by atoms with Gasteiger partial charge in [0.05, 0.1) is 6.42 Å². The van der Waals surface area contributed by atoms with E-state index in [9.17, 15) is 19.5 Å². The predicted molar refractivity (Wildman–Crippen MR) is 96.6 cm³/mol. The lowest BCUT2D eigenvalue weighted by atomic mass is 9.81. The van der Waals surface area contributed by atoms with Crippen molar-refractivity contribution < 1.29 is 19.5 Å². The van der Waals surface area contributed by atoms with Crippen molar-refractivity contribution in [3.8, 4) is 0 Å². The molecule has 1 saturated carbocycles. The summed E-state index contributed by atoms with van der Waals surface area (Å²) >= 11 is 0. The lowest BCUT2D eigenvalue weighted by Gasteiger charge is -2.27. The van der Waals surface area contributed by atoms with Gasteiger partial charge in [0.25, 0.3) is 0 Å². The summed E-state index contributed by atoms with van der Waals surface area (Å²) in [5.74, 6) is -1.01. The molecule has 144 valence electrons. The number of carbonyl (C=O) groups is 3. The Morgan fingerprint density at radius 1 is 1.15 bits per heavy atom. The van der Waals surface area contributed by atoms with Crippen LogP contribution in [0.1, 0.15) is 31.2 Å². The highest BCUT2D eigenvalue weighted by Gasteiger charge is 2.59. The molecule has 1 N–H and O–H groups in total. The molecular formula is C20H25N3O4. The van der Waals surface area contributed by atoms with Crippen LogP contribution in [0.3, 0.4) is 0 Å². The maximum Gasteiger partial charge on any atom is 0.313 e. The number of hydrogen-bond donors (Lipinski definition) is 1. The van der Waals surface area contributed by atoms with Crippen molar-refractivity contribution in [2.24, 2.45) is 17.3 Å². The highest BCUT2D eigenvalue weighted by Crippen LogP contribution is 2.44. The molecule has 2 atom stereocenters. The monoisotopic (exact) mass is 371 g/mol. The van der Waals surface area contributed by atoms with E-state index < -0.39 is 11.4 Å². The van der Waals surface area contributed by atoms with Crippen LogP contribution >= 0.6 is 0 Å². The second kappa shape index (κ2) is 6.94. The number of fused-ring (bicyclic) bond motifs is 1. The van der Waals surface area contributed by atoms with Crippen molar-refractivity contribution in [2.45, 2.75) is 32.1 Å². The molecule has 1 aromatic heterocycles. The summed E-state index contributed by atoms with van der Waals surface area (Å²) in [6.45, 7) is 1.25. The molecule has 0 bridgehead atoms. The molecule has 4 rings (SSSR count). The average Bonchev–Trinajstić information content (AvgIpc) is 3.36. The summed E-state index contributed by atoms with van der Waals surface area (Å²) in [5, 5.41) is 9.94. The van der Waals surface area contributed by atoms with E-state index in [-0.39, 0.29) is 43.2 Å². The van der Waals surface area contributed by atoms with Crippen LogP contribution in [0, 0.1) is 17.3 Å². The second-order valence-electron chi connectivity index (χ2n) is 8.17. The summed E-state index contributed by atoms with van der Waals surface area (Å²) < 4.78 is 0. The van der Waals surface area contributed by atoms with E-state index >= 15 is 0 Å². The number of carbonyl (C=O) groups excluding carboxylic acids is 2. The molecule has 3 heterocycles. The van der Waals surface area contributed by atoms with Gasteiger partial charge >= 0.3 is 5.97 Å². The molecule has 0 radical (unpaired) electrons. The minimum Gasteiger partial charge on any atom is -0.481 e. The molecule has 27 heavy (non-hydrogen) atoms. The molecule has 3 fully saturated rings. The van der Waals surface area contributed by atoms with Crippen LogP contribution < -0.4 is 0 Å². The minimum absolute atomic E-state index is 0.0537. The van der Waals surface area contributed by atoms with Crippen LogP contribution in [-0.4, -0.2) is 63.9 Å². The zero-order valence-corrected chi connectivity index (χ0v) is 15.3. The van der Waals surface area contributed by atoms with Gasteiger partial charge in [-0.1, -0.05) is 18.9 Å². The van der Waals surface area contributed by atoms with Crippen molar-refractivity contribution in [1.82, 2.24) is 14.8 Å². The molecule has 7 nitrogen and oxygen atoms in total. The largest absolute Gasteiger partial charge is 0.481 e. The summed E-state index contributed by atoms with van der Waals surface area (Å²) in [4.78, 5) is 45.0. The Morgan fingerprint density at radius 3 is 2.48 bits per heavy atom. The number of pyridine rings is 1. The van der Waals surface area contributed by atoms with Gasteiger partial charge in [0.2, 0.25) is 11.8 Å². The zero-order valence-electron chi connectivity index (χ0n) is 15.3. The highest BCUT2D eigenvalue weighted by atomic mass is 16.4. The molecule has 1 aromatic rings. The van der Waals surface area contributed by atoms with E-state index in [0.717, 1.165) is 31.2 Å². The third-order valence-corrected chi connectivity index (χ3v) is 6.48. The third kappa shape index (κ3) is 3.19. The lowest BCUT2D eigenvalue weighted by Crippen LogP contribution is -2.44. The maximum absolute atomic E-state index is 12.7. The number of hydrogen-bond acceptors (Lipinski definition) is 4. The summed E-state index contributed by atoms with van der Waals surface area (Å²) in [6.07, 6.45) is 7.52. The Bertz CT molecular complexity index is 747. The molecule has 0 unspecified atom stereocenters. The van der Waals surface area contributed by atoms with Gasteiger partial charge in [0.1, 0.15) is 5.41 Å². The molecule has 7 heteroatoms. The molecule has 2 amide bonds. The molecule has 1 aliphatic carbocycles. The Labute approximate surface area is 158 Å². The smallest absolute Gasteiger partial charge is 0.313 e. The predicted octanol–water partition coefficient (Wildman–Crippen LogP) is 1.19. The van der Waals surface area contributed by atoms with Gasteiger partial charge in [0, 0.05) is 50.4 Å². The van der Waals surface area contributed by atoms with Gasteiger partial charge in [0.15, 0.2) is 0 Å². The molecule has 2 aliphatic heterocycles. The van der Waals surface area contributed by atoms with E-state index in [4.69, 9.17) is 0 Å². The molecular weight excluding hydrogens is 346 g/mol. The molecule has 3 aliphatic rings. The summed E-state index contributed by atoms with van der Waals surface area (Å²) in [7, 11) is 0. The number of aromatic nitrogens is 1. The molecule has 0 aromatic carbocycles. The fraction of sp³-hybridized carbons (Fsp3) is 0.600. The van der Waals surface area contributed by atoms with Crippen LogP contribution in [0.4, 0.5) is 0 Å². The standard InChI is InChI=1S/C20H25N3O4/c24-17(8-14-4-3-7-21-9-14)22-10-16-11-23(13-20(16,12-22)19(26)27)18(25)15-5-1-2-6-15/h3-4,7,9,15-16H,1-2,5-6,8,10-13H2,(H,26,27)/t16-,20-/m0/s1. The highest BCUT2D eigenvalue weighted by molar-refractivity contribution is 5.85. The Hall–Kier alpha value is -2.44. The second-order valence-corrected chi connectivity index (χ2v) is 8.17. The van der Waals surface area contributed by atoms with Crippen molar-refractivity contribution in [2.75, 3.05) is 26.2 Å². The van der Waals surface area contributed by atoms with E-state index in [1.54, 1.807) is 28.3 Å². The van der Waals surface area contributed by atoms with E-state index in [0.29, 0.717) is 13.1 Å². The van der Waals surface area contributed by atoms with Crippen molar-refractivity contribution in [1.29, 1.82) is 0 Å². The Balaban J connectivity index is 1.45. The lowest BCUT2D eigenvalue weighted by molar-refractivity contribution is -0.149. The zero-order chi connectivity index (χ0) is 19.0. The van der Waals surface area contributed by atoms with Crippen LogP contribution in [-0.2, 0) is 20.8 Å². The Morgan fingerprint density at radius 2 is 1.85 bits per heavy atom. The molecule has 2 saturated heterocycles. The van der Waals surface area contributed by atoms with E-state index in [1.807, 2.05) is 6.07 Å². The summed E-state index contributed by atoms with van der Waals surface area (Å²) in [6, 6.07) is 3.63. The first-order chi connectivity index (χ1) is 13.0. The van der Waals surface area contributed by atoms with Crippen molar-refractivity contribution in [3.63, 3.8) is 0 Å². The normalized spacial score (nSPS) is 27.8. The number of likely N-dealkylation sites (tertiary alicyclic amines) is 2. The van der Waals surface area contributed by atoms with Gasteiger partial charge in [-0.3, -0.25) is 19.4 Å². The van der Waals surface area contributed by atoms with Gasteiger partial charge in [-0.25, -0.2) is 0 Å². The van der Waals surface area contributed by atoms with Crippen LogP contribution in [0.25, 0.3) is 0 Å². The van der Waals surface area contributed by atoms with Gasteiger partial charge in [-0.2, -0.15) is 0 Å². The topological polar surface area (TPSA) is 90.8 Å². The first kappa shape index (κ1) is 17.9. The SMILES string of the molecule is O=C(Cc1cccnc1)N1C[C@H]2CN(C(=O)C3CCCC3)C[C@@]2(C(=O)O)C1. The van der Waals surface area contributed by atoms with Crippen molar-refractivity contribution in [3.05, 3.63) is 30.1 Å². The number of carboxylic acid groups (broad SMARTS) is 1. The Kier molecular flexibility index (Phi) is 4.61. The van der Waals surface area contributed by atoms with Crippen LogP contribution in [0.2, 0.25) is 0 Å². The number of rotatable bonds is 4. The number of aliphatic carboxylic acids is 1. The minimum atomic E-state index is -1.03. The number of carboxylic acids is 1. The van der Waals surface area contributed by atoms with Gasteiger partial charge in [-0.05, 0) is 24.5 Å². The fourth-order valence-corrected chi connectivity index (χ4v) is 4.95. The fourth-order valence-electron chi connectivity index (χ4n) is 4.95. The van der Waals surface area contributed by atoms with E-state index in [1.165, 1.54) is 0 Å². The first-order valence-corrected chi connectivity index (χ1v) is 9.68. The quantitative estimate of drug-likeness (QED) is 0.858. The maximum atomic E-state index is 12.7. The first-order valence-electron chi connectivity index (χ1n) is 9.68.